The fourth-order valence-corrected chi connectivity index (χ4v) is 8.15. The first-order chi connectivity index (χ1) is 21.2. The Morgan fingerprint density at radius 2 is 1.98 bits per heavy atom. The minimum atomic E-state index is -4.58. The highest BCUT2D eigenvalue weighted by molar-refractivity contribution is 7.99. The van der Waals surface area contributed by atoms with Crippen LogP contribution in [0.4, 0.5) is 23.9 Å². The van der Waals surface area contributed by atoms with E-state index in [-0.39, 0.29) is 21.3 Å². The first-order valence-corrected chi connectivity index (χ1v) is 15.7. The Labute approximate surface area is 258 Å². The van der Waals surface area contributed by atoms with Gasteiger partial charge in [0.1, 0.15) is 5.03 Å². The van der Waals surface area contributed by atoms with E-state index in [2.05, 4.69) is 41.3 Å². The van der Waals surface area contributed by atoms with E-state index in [1.165, 1.54) is 28.8 Å². The SMILES string of the molecule is O=C(O)N(Cc1ccccc1)CC1(c2ccsc2)C2CCN(c3nc4ncc(Sc5cccnc5C(F)(F)F)nc4[nH]3)CC21. The van der Waals surface area contributed by atoms with Crippen molar-refractivity contribution in [2.75, 3.05) is 24.5 Å². The number of fused-ring (bicyclic) bond motifs is 2. The number of imidazole rings is 1. The summed E-state index contributed by atoms with van der Waals surface area (Å²) >= 11 is 2.46. The normalized spacial score (nSPS) is 21.3. The highest BCUT2D eigenvalue weighted by Gasteiger charge is 2.67. The van der Waals surface area contributed by atoms with Gasteiger partial charge in [0.25, 0.3) is 0 Å². The van der Waals surface area contributed by atoms with Crippen LogP contribution in [0.25, 0.3) is 11.3 Å². The number of nitrogens with zero attached hydrogens (tertiary/aromatic N) is 6. The molecule has 2 aliphatic rings. The van der Waals surface area contributed by atoms with E-state index in [1.54, 1.807) is 11.3 Å². The average molecular weight is 638 g/mol. The Bertz CT molecular complexity index is 1800. The largest absolute Gasteiger partial charge is 0.465 e. The zero-order valence-electron chi connectivity index (χ0n) is 23.1. The minimum Gasteiger partial charge on any atom is -0.465 e. The first-order valence-electron chi connectivity index (χ1n) is 13.9. The van der Waals surface area contributed by atoms with Crippen LogP contribution in [-0.4, -0.2) is 60.7 Å². The molecule has 1 aromatic carbocycles. The number of carbonyl (C=O) groups is 1. The van der Waals surface area contributed by atoms with Gasteiger partial charge in [-0.1, -0.05) is 42.1 Å². The number of aromatic amines is 1. The molecule has 5 aromatic rings. The second-order valence-electron chi connectivity index (χ2n) is 11.0. The molecule has 1 saturated carbocycles. The second-order valence-corrected chi connectivity index (χ2v) is 12.9. The Kier molecular flexibility index (Phi) is 7.20. The van der Waals surface area contributed by atoms with E-state index >= 15 is 0 Å². The molecule has 226 valence electrons. The van der Waals surface area contributed by atoms with Crippen LogP contribution in [0.5, 0.6) is 0 Å². The van der Waals surface area contributed by atoms with Gasteiger partial charge in [-0.05, 0) is 58.3 Å². The standard InChI is InChI=1S/C30H26F3N7O2S2/c31-30(32,33)24-22(7-4-10-34-24)44-23-13-35-25-26(36-23)38-27(37-25)39-11-8-20-21(15-39)29(20,19-9-12-43-16-19)17-40(28(41)42)14-18-5-2-1-3-6-18/h1-7,9-10,12-13,16,20-21H,8,11,14-15,17H2,(H,41,42)(H,35,36,37,38). The van der Waals surface area contributed by atoms with Gasteiger partial charge in [-0.2, -0.15) is 29.5 Å². The monoisotopic (exact) mass is 637 g/mol. The molecule has 1 aliphatic heterocycles. The Hall–Kier alpha value is -4.17. The molecular weight excluding hydrogens is 612 g/mol. The van der Waals surface area contributed by atoms with Gasteiger partial charge in [0.2, 0.25) is 5.95 Å². The molecule has 3 unspecified atom stereocenters. The van der Waals surface area contributed by atoms with Crippen molar-refractivity contribution in [2.24, 2.45) is 11.8 Å². The number of halogens is 3. The highest BCUT2D eigenvalue weighted by Crippen LogP contribution is 2.64. The minimum absolute atomic E-state index is 0.0587. The fourth-order valence-electron chi connectivity index (χ4n) is 6.53. The third-order valence-electron chi connectivity index (χ3n) is 8.55. The number of thiophene rings is 1. The zero-order chi connectivity index (χ0) is 30.5. The van der Waals surface area contributed by atoms with Gasteiger partial charge in [0.05, 0.1) is 6.20 Å². The molecule has 7 rings (SSSR count). The maximum atomic E-state index is 13.4. The average Bonchev–Trinajstić information content (AvgIpc) is 3.37. The maximum Gasteiger partial charge on any atom is 0.434 e. The molecular formula is C30H26F3N7O2S2. The van der Waals surface area contributed by atoms with E-state index < -0.39 is 18.0 Å². The van der Waals surface area contributed by atoms with Gasteiger partial charge in [-0.25, -0.2) is 14.8 Å². The third kappa shape index (κ3) is 5.25. The van der Waals surface area contributed by atoms with E-state index in [0.29, 0.717) is 49.3 Å². The predicted molar refractivity (Wildman–Crippen MR) is 160 cm³/mol. The van der Waals surface area contributed by atoms with Crippen LogP contribution in [0.3, 0.4) is 0 Å². The van der Waals surface area contributed by atoms with E-state index in [9.17, 15) is 23.1 Å². The van der Waals surface area contributed by atoms with Crippen molar-refractivity contribution >= 4 is 46.4 Å². The molecule has 2 N–H and O–H groups in total. The molecule has 44 heavy (non-hydrogen) atoms. The van der Waals surface area contributed by atoms with Crippen LogP contribution >= 0.6 is 23.1 Å². The number of pyridine rings is 1. The van der Waals surface area contributed by atoms with Crippen LogP contribution in [0, 0.1) is 11.8 Å². The molecule has 0 bridgehead atoms. The van der Waals surface area contributed by atoms with E-state index in [1.807, 2.05) is 35.7 Å². The maximum absolute atomic E-state index is 13.4. The molecule has 14 heteroatoms. The summed E-state index contributed by atoms with van der Waals surface area (Å²) in [6, 6.07) is 14.5. The van der Waals surface area contributed by atoms with Crippen molar-refractivity contribution in [1.29, 1.82) is 0 Å². The fraction of sp³-hybridized carbons (Fsp3) is 0.300. The van der Waals surface area contributed by atoms with Crippen LogP contribution in [-0.2, 0) is 18.1 Å². The summed E-state index contributed by atoms with van der Waals surface area (Å²) in [7, 11) is 0. The summed E-state index contributed by atoms with van der Waals surface area (Å²) in [6.07, 6.45) is -2.15. The lowest BCUT2D eigenvalue weighted by molar-refractivity contribution is -0.143. The molecule has 1 aliphatic carbocycles. The van der Waals surface area contributed by atoms with Gasteiger partial charge in [0.15, 0.2) is 17.0 Å². The molecule has 0 spiro atoms. The van der Waals surface area contributed by atoms with Crippen LogP contribution < -0.4 is 4.90 Å². The lowest BCUT2D eigenvalue weighted by Gasteiger charge is -2.27. The van der Waals surface area contributed by atoms with Crippen molar-refractivity contribution in [3.8, 4) is 0 Å². The van der Waals surface area contributed by atoms with Gasteiger partial charge >= 0.3 is 12.3 Å². The van der Waals surface area contributed by atoms with Gasteiger partial charge in [0, 0.05) is 42.7 Å². The van der Waals surface area contributed by atoms with Crippen molar-refractivity contribution in [3.63, 3.8) is 0 Å². The van der Waals surface area contributed by atoms with E-state index in [4.69, 9.17) is 0 Å². The van der Waals surface area contributed by atoms with Gasteiger partial charge < -0.3 is 19.9 Å². The lowest BCUT2D eigenvalue weighted by atomic mass is 9.92. The van der Waals surface area contributed by atoms with Crippen molar-refractivity contribution < 1.29 is 23.1 Å². The summed E-state index contributed by atoms with van der Waals surface area (Å²) in [6.45, 7) is 2.10. The van der Waals surface area contributed by atoms with Gasteiger partial charge in [-0.15, -0.1) is 0 Å². The van der Waals surface area contributed by atoms with Crippen molar-refractivity contribution in [2.45, 2.75) is 34.5 Å². The molecule has 1 saturated heterocycles. The number of aromatic nitrogens is 5. The Morgan fingerprint density at radius 1 is 1.14 bits per heavy atom. The number of alkyl halides is 3. The summed E-state index contributed by atoms with van der Waals surface area (Å²) in [5.41, 5.74) is 1.59. The van der Waals surface area contributed by atoms with Crippen LogP contribution in [0.15, 0.2) is 81.6 Å². The summed E-state index contributed by atoms with van der Waals surface area (Å²) in [5.74, 6) is 1.13. The third-order valence-corrected chi connectivity index (χ3v) is 10.2. The highest BCUT2D eigenvalue weighted by atomic mass is 32.2. The smallest absolute Gasteiger partial charge is 0.434 e. The molecule has 3 atom stereocenters. The number of piperidine rings is 1. The number of rotatable bonds is 8. The summed E-state index contributed by atoms with van der Waals surface area (Å²) < 4.78 is 40.3. The molecule has 1 amide bonds. The Balaban J connectivity index is 1.12. The topological polar surface area (TPSA) is 111 Å². The number of H-pyrrole nitrogens is 1. The number of anilines is 1. The predicted octanol–water partition coefficient (Wildman–Crippen LogP) is 6.55. The summed E-state index contributed by atoms with van der Waals surface area (Å²) in [4.78, 5) is 36.2. The number of benzene rings is 1. The second kappa shape index (κ2) is 11.1. The molecule has 5 heterocycles. The number of hydrogen-bond acceptors (Lipinski definition) is 8. The van der Waals surface area contributed by atoms with Crippen molar-refractivity contribution in [3.05, 3.63) is 88.5 Å². The first kappa shape index (κ1) is 28.6. The number of carboxylic acid groups (broad SMARTS) is 1. The molecule has 4 aromatic heterocycles. The quantitative estimate of drug-likeness (QED) is 0.197. The summed E-state index contributed by atoms with van der Waals surface area (Å²) in [5, 5.41) is 14.6. The molecule has 9 nitrogen and oxygen atoms in total. The number of amides is 1. The zero-order valence-corrected chi connectivity index (χ0v) is 24.7. The van der Waals surface area contributed by atoms with Crippen LogP contribution in [0.1, 0.15) is 23.2 Å². The van der Waals surface area contributed by atoms with Crippen LogP contribution in [0.2, 0.25) is 0 Å². The van der Waals surface area contributed by atoms with Gasteiger partial charge in [-0.3, -0.25) is 4.98 Å². The lowest BCUT2D eigenvalue weighted by Crippen LogP contribution is -2.38. The number of hydrogen-bond donors (Lipinski definition) is 2. The molecule has 0 radical (unpaired) electrons. The molecule has 2 fully saturated rings. The number of nitrogens with one attached hydrogen (secondary N) is 1. The van der Waals surface area contributed by atoms with Crippen molar-refractivity contribution in [1.82, 2.24) is 29.8 Å². The van der Waals surface area contributed by atoms with E-state index in [0.717, 1.165) is 29.9 Å². The Morgan fingerprint density at radius 3 is 2.73 bits per heavy atom.